The lowest BCUT2D eigenvalue weighted by Gasteiger charge is -2.20. The Morgan fingerprint density at radius 3 is 2.80 bits per heavy atom. The van der Waals surface area contributed by atoms with Gasteiger partial charge in [0.15, 0.2) is 0 Å². The van der Waals surface area contributed by atoms with E-state index >= 15 is 0 Å². The highest BCUT2D eigenvalue weighted by atomic mass is 16.2. The van der Waals surface area contributed by atoms with Crippen LogP contribution in [0.4, 0.5) is 0 Å². The van der Waals surface area contributed by atoms with E-state index < -0.39 is 5.91 Å². The Hall–Kier alpha value is -1.92. The van der Waals surface area contributed by atoms with Crippen LogP contribution in [0.25, 0.3) is 0 Å². The van der Waals surface area contributed by atoms with Gasteiger partial charge in [-0.1, -0.05) is 20.3 Å². The largest absolute Gasteiger partial charge is 0.368 e. The summed E-state index contributed by atoms with van der Waals surface area (Å²) >= 11 is 0. The number of hydrogen-bond acceptors (Lipinski definition) is 4. The van der Waals surface area contributed by atoms with Crippen LogP contribution in [-0.4, -0.2) is 33.1 Å². The maximum Gasteiger partial charge on any atom is 0.243 e. The molecule has 2 rings (SSSR count). The second-order valence-corrected chi connectivity index (χ2v) is 5.44. The van der Waals surface area contributed by atoms with Gasteiger partial charge in [0.2, 0.25) is 11.8 Å². The highest BCUT2D eigenvalue weighted by Crippen LogP contribution is 2.27. The monoisotopic (exact) mass is 279 g/mol. The molecule has 0 saturated carbocycles. The summed E-state index contributed by atoms with van der Waals surface area (Å²) in [5, 5.41) is 11.0. The van der Waals surface area contributed by atoms with E-state index in [1.165, 1.54) is 0 Å². The smallest absolute Gasteiger partial charge is 0.243 e. The van der Waals surface area contributed by atoms with Crippen molar-refractivity contribution in [3.8, 4) is 0 Å². The molecule has 1 aromatic rings. The summed E-state index contributed by atoms with van der Waals surface area (Å²) in [6.45, 7) is 3.92. The Balaban J connectivity index is 2.28. The minimum Gasteiger partial charge on any atom is -0.368 e. The van der Waals surface area contributed by atoms with Gasteiger partial charge in [-0.2, -0.15) is 0 Å². The van der Waals surface area contributed by atoms with Crippen LogP contribution in [0.2, 0.25) is 0 Å². The average Bonchev–Trinajstić information content (AvgIpc) is 2.69. The number of aryl methyl sites for hydroxylation is 1. The van der Waals surface area contributed by atoms with E-state index in [9.17, 15) is 9.59 Å². The molecule has 1 aromatic heterocycles. The maximum atomic E-state index is 12.3. The SMILES string of the molecule is CC(C)c1nnc2n1C(C(=O)NCC(N)=O)CCCC2. The molecular weight excluding hydrogens is 258 g/mol. The van der Waals surface area contributed by atoms with Gasteiger partial charge in [-0.25, -0.2) is 0 Å². The zero-order valence-electron chi connectivity index (χ0n) is 11.9. The highest BCUT2D eigenvalue weighted by Gasteiger charge is 2.29. The molecule has 7 heteroatoms. The number of carbonyl (C=O) groups excluding carboxylic acids is 2. The lowest BCUT2D eigenvalue weighted by molar-refractivity contribution is -0.127. The van der Waals surface area contributed by atoms with E-state index in [1.807, 2.05) is 18.4 Å². The van der Waals surface area contributed by atoms with Gasteiger partial charge in [0, 0.05) is 12.3 Å². The van der Waals surface area contributed by atoms with Gasteiger partial charge in [-0.3, -0.25) is 9.59 Å². The Kier molecular flexibility index (Phi) is 4.36. The van der Waals surface area contributed by atoms with E-state index in [1.54, 1.807) is 0 Å². The van der Waals surface area contributed by atoms with Crippen LogP contribution >= 0.6 is 0 Å². The molecule has 1 aliphatic rings. The van der Waals surface area contributed by atoms with Crippen molar-refractivity contribution in [2.75, 3.05) is 6.54 Å². The van der Waals surface area contributed by atoms with Gasteiger partial charge in [-0.15, -0.1) is 10.2 Å². The van der Waals surface area contributed by atoms with Crippen molar-refractivity contribution in [3.63, 3.8) is 0 Å². The Labute approximate surface area is 117 Å². The lowest BCUT2D eigenvalue weighted by Crippen LogP contribution is -2.38. The number of nitrogens with zero attached hydrogens (tertiary/aromatic N) is 3. The van der Waals surface area contributed by atoms with E-state index in [0.717, 1.165) is 37.3 Å². The first-order valence-corrected chi connectivity index (χ1v) is 7.00. The Morgan fingerprint density at radius 1 is 1.40 bits per heavy atom. The van der Waals surface area contributed by atoms with Gasteiger partial charge >= 0.3 is 0 Å². The van der Waals surface area contributed by atoms with Gasteiger partial charge in [0.25, 0.3) is 0 Å². The normalized spacial score (nSPS) is 18.4. The van der Waals surface area contributed by atoms with Gasteiger partial charge in [0.1, 0.15) is 17.7 Å². The molecule has 0 aliphatic carbocycles. The summed E-state index contributed by atoms with van der Waals surface area (Å²) in [4.78, 5) is 23.1. The van der Waals surface area contributed by atoms with E-state index in [2.05, 4.69) is 15.5 Å². The molecule has 0 aromatic carbocycles. The highest BCUT2D eigenvalue weighted by molar-refractivity contribution is 5.86. The van der Waals surface area contributed by atoms with Crippen LogP contribution in [-0.2, 0) is 16.0 Å². The minimum absolute atomic E-state index is 0.135. The number of aromatic nitrogens is 3. The van der Waals surface area contributed by atoms with Gasteiger partial charge in [-0.05, 0) is 12.8 Å². The summed E-state index contributed by atoms with van der Waals surface area (Å²) in [5.41, 5.74) is 5.07. The van der Waals surface area contributed by atoms with Crippen molar-refractivity contribution in [1.29, 1.82) is 0 Å². The third-order valence-corrected chi connectivity index (χ3v) is 3.49. The molecule has 7 nitrogen and oxygen atoms in total. The van der Waals surface area contributed by atoms with Crippen LogP contribution in [0.1, 0.15) is 56.7 Å². The number of fused-ring (bicyclic) bond motifs is 1. The van der Waals surface area contributed by atoms with Gasteiger partial charge < -0.3 is 15.6 Å². The van der Waals surface area contributed by atoms with E-state index in [-0.39, 0.29) is 24.4 Å². The van der Waals surface area contributed by atoms with Crippen LogP contribution in [0, 0.1) is 0 Å². The number of amides is 2. The molecule has 2 amide bonds. The van der Waals surface area contributed by atoms with E-state index in [0.29, 0.717) is 0 Å². The Bertz CT molecular complexity index is 509. The summed E-state index contributed by atoms with van der Waals surface area (Å²) in [5.74, 6) is 1.14. The fourth-order valence-electron chi connectivity index (χ4n) is 2.53. The summed E-state index contributed by atoms with van der Waals surface area (Å²) in [6.07, 6.45) is 3.51. The van der Waals surface area contributed by atoms with Crippen molar-refractivity contribution < 1.29 is 9.59 Å². The molecular formula is C13H21N5O2. The molecule has 20 heavy (non-hydrogen) atoms. The number of nitrogens with two attached hydrogens (primary N) is 1. The standard InChI is InChI=1S/C13H21N5O2/c1-8(2)12-17-16-11-6-4-3-5-9(18(11)12)13(20)15-7-10(14)19/h8-9H,3-7H2,1-2H3,(H2,14,19)(H,15,20). The molecule has 0 bridgehead atoms. The van der Waals surface area contributed by atoms with Crippen molar-refractivity contribution in [3.05, 3.63) is 11.6 Å². The zero-order chi connectivity index (χ0) is 14.7. The maximum absolute atomic E-state index is 12.3. The number of rotatable bonds is 4. The predicted molar refractivity (Wildman–Crippen MR) is 72.9 cm³/mol. The molecule has 0 radical (unpaired) electrons. The number of nitrogens with one attached hydrogen (secondary N) is 1. The van der Waals surface area contributed by atoms with Crippen LogP contribution in [0.5, 0.6) is 0 Å². The molecule has 0 fully saturated rings. The molecule has 1 aliphatic heterocycles. The third kappa shape index (κ3) is 2.97. The summed E-state index contributed by atoms with van der Waals surface area (Å²) in [6, 6.07) is -0.348. The Morgan fingerprint density at radius 2 is 2.15 bits per heavy atom. The number of hydrogen-bond donors (Lipinski definition) is 2. The first kappa shape index (κ1) is 14.5. The molecule has 3 N–H and O–H groups in total. The molecule has 2 heterocycles. The predicted octanol–water partition coefficient (Wildman–Crippen LogP) is 0.271. The average molecular weight is 279 g/mol. The second-order valence-electron chi connectivity index (χ2n) is 5.44. The second kappa shape index (κ2) is 6.02. The molecule has 1 unspecified atom stereocenters. The molecule has 110 valence electrons. The molecule has 1 atom stereocenters. The summed E-state index contributed by atoms with van der Waals surface area (Å²) in [7, 11) is 0. The molecule has 0 saturated heterocycles. The molecule has 0 spiro atoms. The number of carbonyl (C=O) groups is 2. The van der Waals surface area contributed by atoms with Crippen molar-refractivity contribution >= 4 is 11.8 Å². The van der Waals surface area contributed by atoms with Crippen LogP contribution in [0.3, 0.4) is 0 Å². The lowest BCUT2D eigenvalue weighted by atomic mass is 10.1. The first-order valence-electron chi connectivity index (χ1n) is 7.00. The fraction of sp³-hybridized carbons (Fsp3) is 0.692. The van der Waals surface area contributed by atoms with E-state index in [4.69, 9.17) is 5.73 Å². The van der Waals surface area contributed by atoms with Gasteiger partial charge in [0.05, 0.1) is 6.54 Å². The van der Waals surface area contributed by atoms with Crippen molar-refractivity contribution in [2.24, 2.45) is 5.73 Å². The van der Waals surface area contributed by atoms with Crippen molar-refractivity contribution in [2.45, 2.75) is 51.5 Å². The topological polar surface area (TPSA) is 103 Å². The zero-order valence-corrected chi connectivity index (χ0v) is 11.9. The van der Waals surface area contributed by atoms with Crippen LogP contribution < -0.4 is 11.1 Å². The number of primary amides is 1. The quantitative estimate of drug-likeness (QED) is 0.825. The van der Waals surface area contributed by atoms with Crippen LogP contribution in [0.15, 0.2) is 0 Å². The minimum atomic E-state index is -0.542. The summed E-state index contributed by atoms with van der Waals surface area (Å²) < 4.78 is 1.94. The first-order chi connectivity index (χ1) is 9.50. The fourth-order valence-corrected chi connectivity index (χ4v) is 2.53. The third-order valence-electron chi connectivity index (χ3n) is 3.49. The van der Waals surface area contributed by atoms with Crippen molar-refractivity contribution in [1.82, 2.24) is 20.1 Å².